The second-order valence-corrected chi connectivity index (χ2v) is 4.40. The van der Waals surface area contributed by atoms with E-state index in [0.717, 1.165) is 13.0 Å². The Morgan fingerprint density at radius 1 is 1.20 bits per heavy atom. The summed E-state index contributed by atoms with van der Waals surface area (Å²) in [5, 5.41) is 12.9. The van der Waals surface area contributed by atoms with Crippen molar-refractivity contribution < 1.29 is 5.11 Å². The number of aliphatic hydroxyl groups excluding tert-OH is 1. The molecule has 0 radical (unpaired) electrons. The van der Waals surface area contributed by atoms with Crippen LogP contribution in [-0.2, 0) is 6.54 Å². The molecule has 1 aromatic rings. The monoisotopic (exact) mass is 207 g/mol. The van der Waals surface area contributed by atoms with Crippen molar-refractivity contribution in [1.82, 2.24) is 5.32 Å². The van der Waals surface area contributed by atoms with E-state index in [0.29, 0.717) is 12.5 Å². The summed E-state index contributed by atoms with van der Waals surface area (Å²) in [4.78, 5) is 0. The number of nitrogens with one attached hydrogen (secondary N) is 1. The molecule has 0 saturated carbocycles. The van der Waals surface area contributed by atoms with Crippen LogP contribution in [0.1, 0.15) is 25.8 Å². The highest BCUT2D eigenvalue weighted by molar-refractivity contribution is 5.14. The summed E-state index contributed by atoms with van der Waals surface area (Å²) < 4.78 is 0. The van der Waals surface area contributed by atoms with E-state index in [-0.39, 0.29) is 6.10 Å². The van der Waals surface area contributed by atoms with E-state index in [1.54, 1.807) is 0 Å². The minimum absolute atomic E-state index is 0.228. The van der Waals surface area contributed by atoms with Gasteiger partial charge in [-0.05, 0) is 17.9 Å². The van der Waals surface area contributed by atoms with E-state index in [9.17, 15) is 5.11 Å². The van der Waals surface area contributed by atoms with Gasteiger partial charge in [-0.15, -0.1) is 0 Å². The molecule has 0 bridgehead atoms. The van der Waals surface area contributed by atoms with Crippen LogP contribution in [0.25, 0.3) is 0 Å². The van der Waals surface area contributed by atoms with Crippen molar-refractivity contribution in [2.24, 2.45) is 5.92 Å². The number of hydrogen-bond donors (Lipinski definition) is 2. The normalized spacial score (nSPS) is 13.1. The first-order valence-corrected chi connectivity index (χ1v) is 5.61. The van der Waals surface area contributed by atoms with Crippen molar-refractivity contribution in [3.63, 3.8) is 0 Å². The summed E-state index contributed by atoms with van der Waals surface area (Å²) in [5.41, 5.74) is 1.26. The van der Waals surface area contributed by atoms with E-state index in [4.69, 9.17) is 0 Å². The van der Waals surface area contributed by atoms with Crippen molar-refractivity contribution in [3.8, 4) is 0 Å². The van der Waals surface area contributed by atoms with Gasteiger partial charge in [0.1, 0.15) is 0 Å². The van der Waals surface area contributed by atoms with Crippen molar-refractivity contribution in [2.75, 3.05) is 6.54 Å². The van der Waals surface area contributed by atoms with Crippen LogP contribution in [0.4, 0.5) is 0 Å². The number of aliphatic hydroxyl groups is 1. The Morgan fingerprint density at radius 2 is 1.87 bits per heavy atom. The fraction of sp³-hybridized carbons (Fsp3) is 0.538. The van der Waals surface area contributed by atoms with Crippen molar-refractivity contribution in [3.05, 3.63) is 35.9 Å². The predicted octanol–water partition coefficient (Wildman–Crippen LogP) is 2.18. The van der Waals surface area contributed by atoms with E-state index in [2.05, 4.69) is 31.3 Å². The van der Waals surface area contributed by atoms with Crippen molar-refractivity contribution in [2.45, 2.75) is 32.9 Å². The Balaban J connectivity index is 2.16. The fourth-order valence-corrected chi connectivity index (χ4v) is 1.61. The molecule has 0 heterocycles. The largest absolute Gasteiger partial charge is 0.392 e. The van der Waals surface area contributed by atoms with Gasteiger partial charge in [0.15, 0.2) is 0 Å². The van der Waals surface area contributed by atoms with Crippen LogP contribution in [0, 0.1) is 5.92 Å². The maximum absolute atomic E-state index is 9.64. The van der Waals surface area contributed by atoms with Gasteiger partial charge in [0.2, 0.25) is 0 Å². The van der Waals surface area contributed by atoms with Gasteiger partial charge in [0, 0.05) is 13.1 Å². The summed E-state index contributed by atoms with van der Waals surface area (Å²) in [6.45, 7) is 5.75. The maximum Gasteiger partial charge on any atom is 0.0667 e. The molecule has 0 spiro atoms. The first kappa shape index (κ1) is 12.2. The molecule has 0 fully saturated rings. The smallest absolute Gasteiger partial charge is 0.0667 e. The van der Waals surface area contributed by atoms with Gasteiger partial charge in [0.05, 0.1) is 6.10 Å². The quantitative estimate of drug-likeness (QED) is 0.749. The van der Waals surface area contributed by atoms with E-state index in [1.165, 1.54) is 5.56 Å². The summed E-state index contributed by atoms with van der Waals surface area (Å²) in [6.07, 6.45) is 0.635. The lowest BCUT2D eigenvalue weighted by atomic mass is 10.1. The minimum Gasteiger partial charge on any atom is -0.392 e. The molecular weight excluding hydrogens is 186 g/mol. The lowest BCUT2D eigenvalue weighted by molar-refractivity contribution is 0.146. The molecule has 1 atom stereocenters. The highest BCUT2D eigenvalue weighted by Crippen LogP contribution is 2.03. The lowest BCUT2D eigenvalue weighted by Crippen LogP contribution is -2.27. The Hall–Kier alpha value is -0.860. The molecular formula is C13H21NO. The van der Waals surface area contributed by atoms with Gasteiger partial charge in [0.25, 0.3) is 0 Å². The molecule has 2 N–H and O–H groups in total. The standard InChI is InChI=1S/C13H21NO/c1-11(2)8-13(15)10-14-9-12-6-4-3-5-7-12/h3-7,11,13-15H,8-10H2,1-2H3/t13-/m0/s1. The Kier molecular flexibility index (Phi) is 5.37. The second-order valence-electron chi connectivity index (χ2n) is 4.40. The van der Waals surface area contributed by atoms with Gasteiger partial charge in [-0.25, -0.2) is 0 Å². The van der Waals surface area contributed by atoms with Gasteiger partial charge in [-0.3, -0.25) is 0 Å². The molecule has 0 aliphatic heterocycles. The third-order valence-corrected chi connectivity index (χ3v) is 2.30. The lowest BCUT2D eigenvalue weighted by Gasteiger charge is -2.13. The molecule has 84 valence electrons. The molecule has 0 amide bonds. The van der Waals surface area contributed by atoms with Gasteiger partial charge in [-0.2, -0.15) is 0 Å². The highest BCUT2D eigenvalue weighted by Gasteiger charge is 2.05. The van der Waals surface area contributed by atoms with Crippen LogP contribution in [0.15, 0.2) is 30.3 Å². The Labute approximate surface area is 92.3 Å². The SMILES string of the molecule is CC(C)C[C@H](O)CNCc1ccccc1. The van der Waals surface area contributed by atoms with Crippen LogP contribution >= 0.6 is 0 Å². The molecule has 0 aromatic heterocycles. The van der Waals surface area contributed by atoms with Crippen molar-refractivity contribution in [1.29, 1.82) is 0 Å². The van der Waals surface area contributed by atoms with Crippen LogP contribution in [-0.4, -0.2) is 17.8 Å². The van der Waals surface area contributed by atoms with Crippen molar-refractivity contribution >= 4 is 0 Å². The van der Waals surface area contributed by atoms with Crippen LogP contribution in [0.3, 0.4) is 0 Å². The van der Waals surface area contributed by atoms with Gasteiger partial charge in [-0.1, -0.05) is 44.2 Å². The average molecular weight is 207 g/mol. The zero-order valence-electron chi connectivity index (χ0n) is 9.61. The Morgan fingerprint density at radius 3 is 2.47 bits per heavy atom. The maximum atomic E-state index is 9.64. The molecule has 15 heavy (non-hydrogen) atoms. The molecule has 0 saturated heterocycles. The Bertz CT molecular complexity index is 258. The summed E-state index contributed by atoms with van der Waals surface area (Å²) in [6, 6.07) is 10.2. The fourth-order valence-electron chi connectivity index (χ4n) is 1.61. The molecule has 0 unspecified atom stereocenters. The molecule has 1 rings (SSSR count). The molecule has 1 aromatic carbocycles. The minimum atomic E-state index is -0.228. The number of rotatable bonds is 6. The third kappa shape index (κ3) is 5.55. The van der Waals surface area contributed by atoms with E-state index < -0.39 is 0 Å². The van der Waals surface area contributed by atoms with Gasteiger partial charge < -0.3 is 10.4 Å². The zero-order valence-corrected chi connectivity index (χ0v) is 9.61. The first-order chi connectivity index (χ1) is 7.18. The first-order valence-electron chi connectivity index (χ1n) is 5.61. The molecule has 2 nitrogen and oxygen atoms in total. The highest BCUT2D eigenvalue weighted by atomic mass is 16.3. The topological polar surface area (TPSA) is 32.3 Å². The number of hydrogen-bond acceptors (Lipinski definition) is 2. The second kappa shape index (κ2) is 6.59. The molecule has 0 aliphatic carbocycles. The molecule has 2 heteroatoms. The van der Waals surface area contributed by atoms with Crippen LogP contribution < -0.4 is 5.32 Å². The van der Waals surface area contributed by atoms with Crippen LogP contribution in [0.2, 0.25) is 0 Å². The van der Waals surface area contributed by atoms with E-state index in [1.807, 2.05) is 18.2 Å². The van der Waals surface area contributed by atoms with E-state index >= 15 is 0 Å². The summed E-state index contributed by atoms with van der Waals surface area (Å²) in [5.74, 6) is 0.554. The van der Waals surface area contributed by atoms with Crippen LogP contribution in [0.5, 0.6) is 0 Å². The summed E-state index contributed by atoms with van der Waals surface area (Å²) in [7, 11) is 0. The summed E-state index contributed by atoms with van der Waals surface area (Å²) >= 11 is 0. The molecule has 0 aliphatic rings. The predicted molar refractivity (Wildman–Crippen MR) is 63.6 cm³/mol. The third-order valence-electron chi connectivity index (χ3n) is 2.30. The average Bonchev–Trinajstić information content (AvgIpc) is 2.18. The zero-order chi connectivity index (χ0) is 11.1. The van der Waals surface area contributed by atoms with Gasteiger partial charge >= 0.3 is 0 Å². The number of benzene rings is 1.